The van der Waals surface area contributed by atoms with Crippen LogP contribution in [0.15, 0.2) is 0 Å². The molecule has 0 amide bonds. The first-order chi connectivity index (χ1) is 5.52. The van der Waals surface area contributed by atoms with Crippen LogP contribution in [0.4, 0.5) is 0 Å². The fourth-order valence-electron chi connectivity index (χ4n) is 1.27. The van der Waals surface area contributed by atoms with Crippen LogP contribution in [0.3, 0.4) is 0 Å². The van der Waals surface area contributed by atoms with Crippen LogP contribution in [0.25, 0.3) is 0 Å². The SMILES string of the molecule is CC(N1CCNCC1)P(=O)(O)O. The summed E-state index contributed by atoms with van der Waals surface area (Å²) in [5.74, 6) is -0.639. The van der Waals surface area contributed by atoms with E-state index in [1.807, 2.05) is 4.90 Å². The Morgan fingerprint density at radius 1 is 1.42 bits per heavy atom. The lowest BCUT2D eigenvalue weighted by molar-refractivity contribution is 0.201. The van der Waals surface area contributed by atoms with Crippen molar-refractivity contribution in [2.24, 2.45) is 0 Å². The average Bonchev–Trinajstić information content (AvgIpc) is 2.03. The van der Waals surface area contributed by atoms with Gasteiger partial charge in [0.25, 0.3) is 0 Å². The molecular weight excluding hydrogens is 179 g/mol. The highest BCUT2D eigenvalue weighted by Crippen LogP contribution is 2.42. The van der Waals surface area contributed by atoms with Crippen LogP contribution in [0, 0.1) is 0 Å². The third kappa shape index (κ3) is 2.54. The van der Waals surface area contributed by atoms with Gasteiger partial charge in [0, 0.05) is 26.2 Å². The maximum absolute atomic E-state index is 10.9. The van der Waals surface area contributed by atoms with E-state index in [2.05, 4.69) is 5.32 Å². The molecule has 72 valence electrons. The number of nitrogens with zero attached hydrogens (tertiary/aromatic N) is 1. The fraction of sp³-hybridized carbons (Fsp3) is 1.00. The van der Waals surface area contributed by atoms with E-state index in [1.165, 1.54) is 0 Å². The normalized spacial score (nSPS) is 23.9. The maximum Gasteiger partial charge on any atom is 0.342 e. The fourth-order valence-corrected chi connectivity index (χ4v) is 1.92. The molecule has 1 rings (SSSR count). The number of hydrogen-bond acceptors (Lipinski definition) is 3. The van der Waals surface area contributed by atoms with E-state index in [4.69, 9.17) is 9.79 Å². The van der Waals surface area contributed by atoms with E-state index in [0.717, 1.165) is 13.1 Å². The molecule has 0 saturated carbocycles. The highest BCUT2D eigenvalue weighted by atomic mass is 31.2. The van der Waals surface area contributed by atoms with Crippen molar-refractivity contribution in [3.8, 4) is 0 Å². The summed E-state index contributed by atoms with van der Waals surface area (Å²) in [6.07, 6.45) is 0. The molecular formula is C6H15N2O3P. The van der Waals surface area contributed by atoms with Gasteiger partial charge in [0.05, 0.1) is 0 Å². The van der Waals surface area contributed by atoms with E-state index in [-0.39, 0.29) is 0 Å². The van der Waals surface area contributed by atoms with Crippen LogP contribution < -0.4 is 5.32 Å². The minimum Gasteiger partial charge on any atom is -0.323 e. The second-order valence-corrected chi connectivity index (χ2v) is 4.93. The number of rotatable bonds is 2. The van der Waals surface area contributed by atoms with Gasteiger partial charge in [-0.2, -0.15) is 0 Å². The third-order valence-electron chi connectivity index (χ3n) is 2.17. The lowest BCUT2D eigenvalue weighted by Crippen LogP contribution is -2.47. The van der Waals surface area contributed by atoms with Gasteiger partial charge >= 0.3 is 7.60 Å². The zero-order chi connectivity index (χ0) is 9.19. The molecule has 0 spiro atoms. The summed E-state index contributed by atoms with van der Waals surface area (Å²) in [7, 11) is -3.93. The second kappa shape index (κ2) is 3.85. The summed E-state index contributed by atoms with van der Waals surface area (Å²) < 4.78 is 10.9. The largest absolute Gasteiger partial charge is 0.342 e. The molecule has 0 radical (unpaired) electrons. The molecule has 5 nitrogen and oxygen atoms in total. The maximum atomic E-state index is 10.9. The highest BCUT2D eigenvalue weighted by molar-refractivity contribution is 7.52. The van der Waals surface area contributed by atoms with E-state index in [1.54, 1.807) is 6.92 Å². The predicted octanol–water partition coefficient (Wildman–Crippen LogP) is -0.585. The Morgan fingerprint density at radius 2 is 1.92 bits per heavy atom. The number of nitrogens with one attached hydrogen (secondary N) is 1. The molecule has 6 heteroatoms. The van der Waals surface area contributed by atoms with Crippen molar-refractivity contribution in [2.75, 3.05) is 26.2 Å². The van der Waals surface area contributed by atoms with Crippen molar-refractivity contribution >= 4 is 7.60 Å². The first-order valence-electron chi connectivity index (χ1n) is 4.02. The molecule has 3 N–H and O–H groups in total. The summed E-state index contributed by atoms with van der Waals surface area (Å²) in [5, 5.41) is 3.13. The quantitative estimate of drug-likeness (QED) is 0.513. The Balaban J connectivity index is 2.51. The molecule has 0 aromatic carbocycles. The molecule has 0 aromatic heterocycles. The topological polar surface area (TPSA) is 72.8 Å². The molecule has 12 heavy (non-hydrogen) atoms. The third-order valence-corrected chi connectivity index (χ3v) is 3.47. The molecule has 0 bridgehead atoms. The minimum absolute atomic E-state index is 0.639. The van der Waals surface area contributed by atoms with Gasteiger partial charge in [-0.05, 0) is 6.92 Å². The summed E-state index contributed by atoms with van der Waals surface area (Å²) in [6.45, 7) is 4.62. The van der Waals surface area contributed by atoms with Gasteiger partial charge in [0.1, 0.15) is 5.78 Å². The van der Waals surface area contributed by atoms with Gasteiger partial charge in [0.15, 0.2) is 0 Å². The predicted molar refractivity (Wildman–Crippen MR) is 45.9 cm³/mol. The van der Waals surface area contributed by atoms with Crippen molar-refractivity contribution < 1.29 is 14.4 Å². The highest BCUT2D eigenvalue weighted by Gasteiger charge is 2.30. The van der Waals surface area contributed by atoms with Crippen LogP contribution in [-0.4, -0.2) is 46.6 Å². The van der Waals surface area contributed by atoms with Crippen LogP contribution in [0.5, 0.6) is 0 Å². The van der Waals surface area contributed by atoms with Crippen LogP contribution in [-0.2, 0) is 4.57 Å². The van der Waals surface area contributed by atoms with Crippen molar-refractivity contribution in [2.45, 2.75) is 12.7 Å². The zero-order valence-electron chi connectivity index (χ0n) is 7.10. The van der Waals surface area contributed by atoms with Gasteiger partial charge in [-0.3, -0.25) is 9.46 Å². The zero-order valence-corrected chi connectivity index (χ0v) is 8.00. The molecule has 1 atom stereocenters. The van der Waals surface area contributed by atoms with Crippen molar-refractivity contribution in [3.05, 3.63) is 0 Å². The summed E-state index contributed by atoms with van der Waals surface area (Å²) in [5.41, 5.74) is 0. The Kier molecular flexibility index (Phi) is 3.26. The standard InChI is InChI=1S/C6H15N2O3P/c1-6(12(9,10)11)8-4-2-7-3-5-8/h6-7H,2-5H2,1H3,(H2,9,10,11). The minimum atomic E-state index is -3.93. The molecule has 0 aromatic rings. The molecule has 1 heterocycles. The van der Waals surface area contributed by atoms with Gasteiger partial charge in [-0.15, -0.1) is 0 Å². The van der Waals surface area contributed by atoms with Crippen LogP contribution >= 0.6 is 7.60 Å². The number of piperazine rings is 1. The first-order valence-corrected chi connectivity index (χ1v) is 5.70. The average molecular weight is 194 g/mol. The van der Waals surface area contributed by atoms with Crippen molar-refractivity contribution in [3.63, 3.8) is 0 Å². The Morgan fingerprint density at radius 3 is 2.33 bits per heavy atom. The smallest absolute Gasteiger partial charge is 0.323 e. The molecule has 1 aliphatic heterocycles. The molecule has 1 saturated heterocycles. The first kappa shape index (κ1) is 10.2. The molecule has 1 unspecified atom stereocenters. The van der Waals surface area contributed by atoms with E-state index in [9.17, 15) is 4.57 Å². The van der Waals surface area contributed by atoms with Crippen molar-refractivity contribution in [1.29, 1.82) is 0 Å². The van der Waals surface area contributed by atoms with Crippen LogP contribution in [0.2, 0.25) is 0 Å². The van der Waals surface area contributed by atoms with Crippen LogP contribution in [0.1, 0.15) is 6.92 Å². The van der Waals surface area contributed by atoms with Gasteiger partial charge in [0.2, 0.25) is 0 Å². The lowest BCUT2D eigenvalue weighted by atomic mass is 10.4. The lowest BCUT2D eigenvalue weighted by Gasteiger charge is -2.32. The van der Waals surface area contributed by atoms with E-state index >= 15 is 0 Å². The van der Waals surface area contributed by atoms with Gasteiger partial charge in [-0.25, -0.2) is 0 Å². The monoisotopic (exact) mass is 194 g/mol. The van der Waals surface area contributed by atoms with Crippen molar-refractivity contribution in [1.82, 2.24) is 10.2 Å². The van der Waals surface area contributed by atoms with Gasteiger partial charge < -0.3 is 15.1 Å². The van der Waals surface area contributed by atoms with Gasteiger partial charge in [-0.1, -0.05) is 0 Å². The van der Waals surface area contributed by atoms with E-state index < -0.39 is 13.4 Å². The molecule has 1 aliphatic rings. The summed E-state index contributed by atoms with van der Waals surface area (Å²) >= 11 is 0. The number of hydrogen-bond donors (Lipinski definition) is 3. The Hall–Kier alpha value is 0.0700. The van der Waals surface area contributed by atoms with E-state index in [0.29, 0.717) is 13.1 Å². The summed E-state index contributed by atoms with van der Waals surface area (Å²) in [6, 6.07) is 0. The second-order valence-electron chi connectivity index (χ2n) is 3.01. The summed E-state index contributed by atoms with van der Waals surface area (Å²) in [4.78, 5) is 19.6. The Bertz CT molecular complexity index is 187. The molecule has 0 aliphatic carbocycles. The Labute approximate surface area is 71.9 Å². The molecule has 1 fully saturated rings.